The Balaban J connectivity index is 1.88. The zero-order valence-electron chi connectivity index (χ0n) is 15.8. The van der Waals surface area contributed by atoms with Crippen molar-refractivity contribution in [2.75, 3.05) is 17.1 Å². The highest BCUT2D eigenvalue weighted by atomic mass is 79.9. The first-order valence-corrected chi connectivity index (χ1v) is 10.9. The van der Waals surface area contributed by atoms with E-state index in [1.165, 1.54) is 13.2 Å². The molecule has 29 heavy (non-hydrogen) atoms. The number of sulfonamides is 1. The number of methoxy groups -OCH3 is 1. The summed E-state index contributed by atoms with van der Waals surface area (Å²) in [6.07, 6.45) is 0. The van der Waals surface area contributed by atoms with Crippen molar-refractivity contribution in [3.05, 3.63) is 82.3 Å². The van der Waals surface area contributed by atoms with Gasteiger partial charge in [-0.25, -0.2) is 8.42 Å². The molecule has 0 aliphatic heterocycles. The van der Waals surface area contributed by atoms with Gasteiger partial charge in [0.05, 0.1) is 17.7 Å². The Morgan fingerprint density at radius 2 is 1.69 bits per heavy atom. The Kier molecular flexibility index (Phi) is 6.24. The molecular formula is C21H19BrN2O4S. The van der Waals surface area contributed by atoms with Gasteiger partial charge in [0.2, 0.25) is 0 Å². The Morgan fingerprint density at radius 1 is 1.00 bits per heavy atom. The van der Waals surface area contributed by atoms with Gasteiger partial charge in [0.1, 0.15) is 5.75 Å². The van der Waals surface area contributed by atoms with Crippen LogP contribution in [0.1, 0.15) is 15.9 Å². The van der Waals surface area contributed by atoms with Crippen molar-refractivity contribution in [1.82, 2.24) is 0 Å². The molecule has 0 aliphatic rings. The smallest absolute Gasteiger partial charge is 0.262 e. The minimum absolute atomic E-state index is 0.0667. The molecule has 8 heteroatoms. The van der Waals surface area contributed by atoms with Gasteiger partial charge in [-0.2, -0.15) is 0 Å². The Labute approximate surface area is 178 Å². The molecule has 3 rings (SSSR count). The molecule has 0 radical (unpaired) electrons. The zero-order chi connectivity index (χ0) is 21.0. The van der Waals surface area contributed by atoms with Crippen LogP contribution < -0.4 is 14.8 Å². The average Bonchev–Trinajstić information content (AvgIpc) is 2.70. The monoisotopic (exact) mass is 474 g/mol. The molecule has 2 N–H and O–H groups in total. The molecule has 6 nitrogen and oxygen atoms in total. The predicted octanol–water partition coefficient (Wildman–Crippen LogP) is 4.82. The van der Waals surface area contributed by atoms with Crippen molar-refractivity contribution < 1.29 is 17.9 Å². The largest absolute Gasteiger partial charge is 0.495 e. The summed E-state index contributed by atoms with van der Waals surface area (Å²) in [6, 6.07) is 18.4. The first-order valence-electron chi connectivity index (χ1n) is 8.63. The highest BCUT2D eigenvalue weighted by molar-refractivity contribution is 9.10. The van der Waals surface area contributed by atoms with Crippen LogP contribution in [0.4, 0.5) is 11.4 Å². The molecular weight excluding hydrogens is 456 g/mol. The van der Waals surface area contributed by atoms with E-state index in [9.17, 15) is 13.2 Å². The summed E-state index contributed by atoms with van der Waals surface area (Å²) < 4.78 is 34.5. The summed E-state index contributed by atoms with van der Waals surface area (Å²) in [5, 5.41) is 2.73. The number of halogens is 1. The van der Waals surface area contributed by atoms with E-state index in [2.05, 4.69) is 26.0 Å². The maximum absolute atomic E-state index is 13.0. The Bertz CT molecular complexity index is 1150. The molecule has 1 amide bonds. The van der Waals surface area contributed by atoms with Crippen LogP contribution in [0.2, 0.25) is 0 Å². The number of hydrogen-bond donors (Lipinski definition) is 2. The lowest BCUT2D eigenvalue weighted by atomic mass is 10.2. The van der Waals surface area contributed by atoms with Crippen LogP contribution in [0, 0.1) is 6.92 Å². The van der Waals surface area contributed by atoms with Crippen LogP contribution in [0.15, 0.2) is 76.1 Å². The highest BCUT2D eigenvalue weighted by Gasteiger charge is 2.20. The first-order chi connectivity index (χ1) is 13.8. The second kappa shape index (κ2) is 8.67. The second-order valence-electron chi connectivity index (χ2n) is 6.25. The number of carbonyl (C=O) groups is 1. The SMILES string of the molecule is COc1ccccc1NS(=O)(=O)c1cc(NC(=O)c2ccc(Br)cc2)ccc1C. The van der Waals surface area contributed by atoms with Gasteiger partial charge in [-0.05, 0) is 61.0 Å². The third-order valence-electron chi connectivity index (χ3n) is 4.19. The summed E-state index contributed by atoms with van der Waals surface area (Å²) in [5.41, 5.74) is 1.72. The van der Waals surface area contributed by atoms with E-state index in [1.54, 1.807) is 67.6 Å². The van der Waals surface area contributed by atoms with E-state index < -0.39 is 10.0 Å². The Morgan fingerprint density at radius 3 is 2.38 bits per heavy atom. The fraction of sp³-hybridized carbons (Fsp3) is 0.0952. The number of aryl methyl sites for hydroxylation is 1. The van der Waals surface area contributed by atoms with Crippen LogP contribution in [0.5, 0.6) is 5.75 Å². The number of rotatable bonds is 6. The topological polar surface area (TPSA) is 84.5 Å². The summed E-state index contributed by atoms with van der Waals surface area (Å²) in [4.78, 5) is 12.5. The molecule has 0 saturated carbocycles. The molecule has 0 saturated heterocycles. The second-order valence-corrected chi connectivity index (χ2v) is 8.81. The van der Waals surface area contributed by atoms with E-state index in [0.29, 0.717) is 28.3 Å². The molecule has 0 fully saturated rings. The highest BCUT2D eigenvalue weighted by Crippen LogP contribution is 2.28. The van der Waals surface area contributed by atoms with Crippen molar-refractivity contribution >= 4 is 43.2 Å². The fourth-order valence-corrected chi connectivity index (χ4v) is 4.31. The van der Waals surface area contributed by atoms with Gasteiger partial charge in [-0.15, -0.1) is 0 Å². The van der Waals surface area contributed by atoms with E-state index in [0.717, 1.165) is 4.47 Å². The fourth-order valence-electron chi connectivity index (χ4n) is 2.70. The van der Waals surface area contributed by atoms with Gasteiger partial charge < -0.3 is 10.1 Å². The van der Waals surface area contributed by atoms with Gasteiger partial charge in [-0.1, -0.05) is 34.1 Å². The number of amides is 1. The van der Waals surface area contributed by atoms with E-state index in [-0.39, 0.29) is 10.8 Å². The normalized spacial score (nSPS) is 11.0. The number of nitrogens with one attached hydrogen (secondary N) is 2. The van der Waals surface area contributed by atoms with Gasteiger partial charge >= 0.3 is 0 Å². The molecule has 3 aromatic carbocycles. The van der Waals surface area contributed by atoms with E-state index >= 15 is 0 Å². The maximum atomic E-state index is 13.0. The van der Waals surface area contributed by atoms with E-state index in [4.69, 9.17) is 4.74 Å². The van der Waals surface area contributed by atoms with Crippen LogP contribution >= 0.6 is 15.9 Å². The average molecular weight is 475 g/mol. The van der Waals surface area contributed by atoms with Crippen LogP contribution in [-0.2, 0) is 10.0 Å². The summed E-state index contributed by atoms with van der Waals surface area (Å²) in [6.45, 7) is 1.69. The maximum Gasteiger partial charge on any atom is 0.262 e. The number of benzene rings is 3. The number of ether oxygens (including phenoxy) is 1. The third-order valence-corrected chi connectivity index (χ3v) is 6.23. The standard InChI is InChI=1S/C21H19BrN2O4S/c1-14-7-12-17(23-21(25)15-8-10-16(22)11-9-15)13-20(14)29(26,27)24-18-5-3-4-6-19(18)28-2/h3-13,24H,1-2H3,(H,23,25). The lowest BCUT2D eigenvalue weighted by molar-refractivity contribution is 0.102. The molecule has 0 aromatic heterocycles. The molecule has 0 atom stereocenters. The zero-order valence-corrected chi connectivity index (χ0v) is 18.2. The predicted molar refractivity (Wildman–Crippen MR) is 117 cm³/mol. The van der Waals surface area contributed by atoms with Gasteiger partial charge in [0.25, 0.3) is 15.9 Å². The molecule has 0 spiro atoms. The number of para-hydroxylation sites is 2. The molecule has 0 unspecified atom stereocenters. The number of anilines is 2. The van der Waals surface area contributed by atoms with Crippen molar-refractivity contribution in [1.29, 1.82) is 0 Å². The van der Waals surface area contributed by atoms with Crippen molar-refractivity contribution in [2.45, 2.75) is 11.8 Å². The minimum Gasteiger partial charge on any atom is -0.495 e. The number of hydrogen-bond acceptors (Lipinski definition) is 4. The lowest BCUT2D eigenvalue weighted by Gasteiger charge is -2.14. The van der Waals surface area contributed by atoms with Crippen LogP contribution in [0.25, 0.3) is 0 Å². The summed E-state index contributed by atoms with van der Waals surface area (Å²) in [5.74, 6) is 0.0795. The molecule has 0 aliphatic carbocycles. The lowest BCUT2D eigenvalue weighted by Crippen LogP contribution is -2.16. The summed E-state index contributed by atoms with van der Waals surface area (Å²) >= 11 is 3.32. The van der Waals surface area contributed by atoms with Gasteiger partial charge in [0, 0.05) is 15.7 Å². The van der Waals surface area contributed by atoms with Crippen molar-refractivity contribution in [2.24, 2.45) is 0 Å². The quantitative estimate of drug-likeness (QED) is 0.536. The molecule has 3 aromatic rings. The summed E-state index contributed by atoms with van der Waals surface area (Å²) in [7, 11) is -2.42. The minimum atomic E-state index is -3.89. The van der Waals surface area contributed by atoms with E-state index in [1.807, 2.05) is 0 Å². The Hall–Kier alpha value is -2.84. The molecule has 150 valence electrons. The molecule has 0 bridgehead atoms. The van der Waals surface area contributed by atoms with Crippen molar-refractivity contribution in [3.8, 4) is 5.75 Å². The van der Waals surface area contributed by atoms with Gasteiger partial charge in [-0.3, -0.25) is 9.52 Å². The van der Waals surface area contributed by atoms with Crippen LogP contribution in [-0.4, -0.2) is 21.4 Å². The number of carbonyl (C=O) groups excluding carboxylic acids is 1. The third kappa shape index (κ3) is 4.96. The van der Waals surface area contributed by atoms with Crippen LogP contribution in [0.3, 0.4) is 0 Å². The van der Waals surface area contributed by atoms with Gasteiger partial charge in [0.15, 0.2) is 0 Å². The molecule has 0 heterocycles. The first kappa shape index (κ1) is 20.9. The van der Waals surface area contributed by atoms with Crippen molar-refractivity contribution in [3.63, 3.8) is 0 Å².